The zero-order chi connectivity index (χ0) is 4.28. The molecule has 0 aliphatic rings. The van der Waals surface area contributed by atoms with Crippen molar-refractivity contribution < 1.29 is 0 Å². The van der Waals surface area contributed by atoms with Crippen molar-refractivity contribution in [1.82, 2.24) is 0 Å². The summed E-state index contributed by atoms with van der Waals surface area (Å²) in [5, 5.41) is 0. The van der Waals surface area contributed by atoms with E-state index in [2.05, 4.69) is 25.4 Å². The topological polar surface area (TPSA) is 0 Å². The molecule has 0 bridgehead atoms. The molecule has 0 amide bonds. The van der Waals surface area contributed by atoms with Crippen LogP contribution in [0.2, 0.25) is 0 Å². The van der Waals surface area contributed by atoms with Crippen LogP contribution < -0.4 is 0 Å². The first-order valence-electron chi connectivity index (χ1n) is 1.39. The maximum absolute atomic E-state index is 4.58. The van der Waals surface area contributed by atoms with Gasteiger partial charge in [-0.15, -0.1) is 0 Å². The van der Waals surface area contributed by atoms with Crippen molar-refractivity contribution in [3.63, 3.8) is 0 Å². The fraction of sp³-hybridized carbons (Fsp3) is 1.00. The number of hydrogen-bond donors (Lipinski definition) is 0. The van der Waals surface area contributed by atoms with Crippen molar-refractivity contribution in [3.05, 3.63) is 0 Å². The molecule has 0 aromatic heterocycles. The molecule has 0 nitrogen and oxygen atoms in total. The van der Waals surface area contributed by atoms with E-state index < -0.39 is 0 Å². The van der Waals surface area contributed by atoms with Crippen LogP contribution in [0.4, 0.5) is 0 Å². The average molecular weight is 104 g/mol. The summed E-state index contributed by atoms with van der Waals surface area (Å²) >= 11 is 4.58. The SMILES string of the molecule is CP(C)B=S. The van der Waals surface area contributed by atoms with E-state index in [1.165, 1.54) is 0 Å². The van der Waals surface area contributed by atoms with Crippen LogP contribution in [0.5, 0.6) is 0 Å². The number of hydrogen-bond acceptors (Lipinski definition) is 1. The molecule has 0 N–H and O–H groups in total. The molecule has 0 fully saturated rings. The Labute approximate surface area is 39.8 Å². The van der Waals surface area contributed by atoms with Crippen LogP contribution in [0.15, 0.2) is 0 Å². The first-order chi connectivity index (χ1) is 2.27. The third-order valence-electron chi connectivity index (χ3n) is 0.211. The minimum atomic E-state index is 0.0916. The second-order valence-electron chi connectivity index (χ2n) is 1.07. The zero-order valence-electron chi connectivity index (χ0n) is 3.43. The first-order valence-corrected chi connectivity index (χ1v) is 4.16. The summed E-state index contributed by atoms with van der Waals surface area (Å²) in [7, 11) is 0.0916. The van der Waals surface area contributed by atoms with E-state index in [0.717, 1.165) is 0 Å². The molecule has 0 atom stereocenters. The van der Waals surface area contributed by atoms with Crippen molar-refractivity contribution in [2.75, 3.05) is 13.3 Å². The van der Waals surface area contributed by atoms with Gasteiger partial charge in [0, 0.05) is 0 Å². The second kappa shape index (κ2) is 2.93. The van der Waals surface area contributed by atoms with Gasteiger partial charge in [-0.3, -0.25) is 0 Å². The van der Waals surface area contributed by atoms with Crippen molar-refractivity contribution in [2.24, 2.45) is 0 Å². The van der Waals surface area contributed by atoms with Crippen molar-refractivity contribution in [1.29, 1.82) is 0 Å². The maximum atomic E-state index is 4.58. The van der Waals surface area contributed by atoms with Crippen LogP contribution in [-0.2, 0) is 0 Å². The van der Waals surface area contributed by atoms with Crippen molar-refractivity contribution in [3.8, 4) is 0 Å². The van der Waals surface area contributed by atoms with Crippen LogP contribution in [-0.4, -0.2) is 19.2 Å². The Bertz CT molecular complexity index is 36.6. The van der Waals surface area contributed by atoms with Gasteiger partial charge in [-0.25, -0.2) is 0 Å². The molecular formula is C2H6BPS. The van der Waals surface area contributed by atoms with Gasteiger partial charge in [-0.05, 0) is 0 Å². The van der Waals surface area contributed by atoms with E-state index in [9.17, 15) is 0 Å². The molecule has 0 saturated heterocycles. The summed E-state index contributed by atoms with van der Waals surface area (Å²) < 4.78 is 0. The fourth-order valence-corrected chi connectivity index (χ4v) is 0. The van der Waals surface area contributed by atoms with Gasteiger partial charge < -0.3 is 0 Å². The third-order valence-corrected chi connectivity index (χ3v) is 1.90. The quantitative estimate of drug-likeness (QED) is 0.358. The van der Waals surface area contributed by atoms with Crippen LogP contribution in [0.25, 0.3) is 0 Å². The average Bonchev–Trinajstić information content (AvgIpc) is 1.38. The van der Waals surface area contributed by atoms with Gasteiger partial charge in [-0.1, -0.05) is 0 Å². The van der Waals surface area contributed by atoms with Crippen LogP contribution >= 0.6 is 19.9 Å². The van der Waals surface area contributed by atoms with Crippen LogP contribution in [0.1, 0.15) is 0 Å². The van der Waals surface area contributed by atoms with Gasteiger partial charge in [0.1, 0.15) is 0 Å². The summed E-state index contributed by atoms with van der Waals surface area (Å²) in [4.78, 5) is 0. The Balaban J connectivity index is 2.83. The Morgan fingerprint density at radius 1 is 1.60 bits per heavy atom. The molecule has 0 aliphatic heterocycles. The summed E-state index contributed by atoms with van der Waals surface area (Å²) in [6.07, 6.45) is 0. The molecule has 0 unspecified atom stereocenters. The zero-order valence-corrected chi connectivity index (χ0v) is 5.14. The molecule has 0 aliphatic carbocycles. The van der Waals surface area contributed by atoms with Gasteiger partial charge in [0.15, 0.2) is 0 Å². The summed E-state index contributed by atoms with van der Waals surface area (Å²) in [5.41, 5.74) is 0. The molecule has 0 aromatic rings. The molecule has 0 heterocycles. The van der Waals surface area contributed by atoms with Crippen LogP contribution in [0, 0.1) is 0 Å². The van der Waals surface area contributed by atoms with E-state index >= 15 is 0 Å². The molecule has 0 aromatic carbocycles. The first kappa shape index (κ1) is 5.71. The molecule has 28 valence electrons. The molecule has 5 heavy (non-hydrogen) atoms. The van der Waals surface area contributed by atoms with Gasteiger partial charge in [0.2, 0.25) is 0 Å². The summed E-state index contributed by atoms with van der Waals surface area (Å²) in [6, 6.07) is 0. The predicted molar refractivity (Wildman–Crippen MR) is 32.1 cm³/mol. The molecule has 0 radical (unpaired) electrons. The van der Waals surface area contributed by atoms with Crippen LogP contribution in [0.3, 0.4) is 0 Å². The normalized spacial score (nSPS) is 7.80. The molecule has 0 saturated carbocycles. The third kappa shape index (κ3) is 4.71. The molecular weight excluding hydrogens is 97.9 g/mol. The number of rotatable bonds is 1. The van der Waals surface area contributed by atoms with E-state index in [1.54, 1.807) is 0 Å². The Morgan fingerprint density at radius 2 is 1.80 bits per heavy atom. The van der Waals surface area contributed by atoms with Gasteiger partial charge in [0.05, 0.1) is 0 Å². The standard InChI is InChI=1S/C2H6BPS/c1-4(2)3-5/h1-2H3. The summed E-state index contributed by atoms with van der Waals surface area (Å²) in [6.45, 7) is 4.25. The van der Waals surface area contributed by atoms with Gasteiger partial charge >= 0.3 is 39.1 Å². The van der Waals surface area contributed by atoms with E-state index in [0.29, 0.717) is 0 Å². The molecule has 0 spiro atoms. The van der Waals surface area contributed by atoms with Gasteiger partial charge in [0.25, 0.3) is 0 Å². The Morgan fingerprint density at radius 3 is 1.80 bits per heavy atom. The molecule has 3 heteroatoms. The van der Waals surface area contributed by atoms with E-state index in [1.807, 2.05) is 5.87 Å². The van der Waals surface area contributed by atoms with Crippen molar-refractivity contribution >= 4 is 25.7 Å². The molecule has 0 rings (SSSR count). The second-order valence-corrected chi connectivity index (χ2v) is 3.84. The van der Waals surface area contributed by atoms with E-state index in [-0.39, 0.29) is 7.80 Å². The fourth-order valence-electron chi connectivity index (χ4n) is 0. The van der Waals surface area contributed by atoms with Gasteiger partial charge in [-0.2, -0.15) is 0 Å². The van der Waals surface area contributed by atoms with Crippen molar-refractivity contribution in [2.45, 2.75) is 0 Å². The monoisotopic (exact) mass is 104 g/mol. The Hall–Kier alpha value is 0.715. The Kier molecular flexibility index (Phi) is 3.35. The minimum absolute atomic E-state index is 0.0916. The predicted octanol–water partition coefficient (Wildman–Crippen LogP) is 1.46. The van der Waals surface area contributed by atoms with E-state index in [4.69, 9.17) is 0 Å². The summed E-state index contributed by atoms with van der Waals surface area (Å²) in [5.74, 6) is 1.81.